The van der Waals surface area contributed by atoms with Crippen LogP contribution in [0.4, 0.5) is 9.18 Å². The average Bonchev–Trinajstić information content (AvgIpc) is 3.11. The molecule has 160 valence electrons. The van der Waals surface area contributed by atoms with Crippen LogP contribution in [0.1, 0.15) is 28.2 Å². The van der Waals surface area contributed by atoms with E-state index in [-0.39, 0.29) is 38.9 Å². The van der Waals surface area contributed by atoms with Crippen molar-refractivity contribution >= 4 is 6.09 Å². The quantitative estimate of drug-likeness (QED) is 0.530. The molecule has 0 aliphatic heterocycles. The van der Waals surface area contributed by atoms with Gasteiger partial charge < -0.3 is 19.9 Å². The van der Waals surface area contributed by atoms with Gasteiger partial charge in [-0.15, -0.1) is 0 Å². The van der Waals surface area contributed by atoms with Crippen LogP contribution in [-0.2, 0) is 22.6 Å². The molecule has 0 fully saturated rings. The van der Waals surface area contributed by atoms with E-state index in [4.69, 9.17) is 14.6 Å². The predicted octanol–water partition coefficient (Wildman–Crippen LogP) is 4.37. The van der Waals surface area contributed by atoms with Gasteiger partial charge in [-0.2, -0.15) is 0 Å². The van der Waals surface area contributed by atoms with Crippen LogP contribution in [0.5, 0.6) is 0 Å². The minimum absolute atomic E-state index is 0.00574. The molecular formula is C25H24FNO4. The first-order valence-electron chi connectivity index (χ1n) is 10.2. The molecule has 6 heteroatoms. The van der Waals surface area contributed by atoms with Crippen molar-refractivity contribution in [2.75, 3.05) is 19.8 Å². The Morgan fingerprint density at radius 3 is 2.32 bits per heavy atom. The molecule has 2 N–H and O–H groups in total. The van der Waals surface area contributed by atoms with Crippen LogP contribution in [0.3, 0.4) is 0 Å². The predicted molar refractivity (Wildman–Crippen MR) is 115 cm³/mol. The summed E-state index contributed by atoms with van der Waals surface area (Å²) in [6, 6.07) is 21.0. The highest BCUT2D eigenvalue weighted by molar-refractivity contribution is 5.79. The number of alkyl carbamates (subject to hydrolysis) is 1. The zero-order chi connectivity index (χ0) is 21.6. The summed E-state index contributed by atoms with van der Waals surface area (Å²) in [6.45, 7) is 0.529. The zero-order valence-electron chi connectivity index (χ0n) is 17.0. The molecule has 0 bridgehead atoms. The molecule has 1 aliphatic carbocycles. The van der Waals surface area contributed by atoms with Crippen molar-refractivity contribution < 1.29 is 23.8 Å². The van der Waals surface area contributed by atoms with Crippen LogP contribution in [0.25, 0.3) is 11.1 Å². The van der Waals surface area contributed by atoms with Gasteiger partial charge in [0.25, 0.3) is 0 Å². The lowest BCUT2D eigenvalue weighted by molar-refractivity contribution is 0.0799. The van der Waals surface area contributed by atoms with Gasteiger partial charge in [-0.05, 0) is 33.9 Å². The van der Waals surface area contributed by atoms with Crippen LogP contribution >= 0.6 is 0 Å². The summed E-state index contributed by atoms with van der Waals surface area (Å²) < 4.78 is 24.8. The summed E-state index contributed by atoms with van der Waals surface area (Å²) in [7, 11) is 0. The number of ether oxygens (including phenoxy) is 2. The molecule has 0 radical (unpaired) electrons. The Hall–Kier alpha value is -3.22. The number of carbonyl (C=O) groups excluding carboxylic acids is 1. The second-order valence-corrected chi connectivity index (χ2v) is 7.38. The summed E-state index contributed by atoms with van der Waals surface area (Å²) in [5.74, 6) is -0.418. The number of carbonyl (C=O) groups is 1. The van der Waals surface area contributed by atoms with Crippen molar-refractivity contribution in [3.63, 3.8) is 0 Å². The second kappa shape index (κ2) is 9.73. The van der Waals surface area contributed by atoms with Crippen molar-refractivity contribution in [2.45, 2.75) is 19.1 Å². The Labute approximate surface area is 180 Å². The number of nitrogens with one attached hydrogen (secondary N) is 1. The van der Waals surface area contributed by atoms with Gasteiger partial charge in [0.1, 0.15) is 12.4 Å². The zero-order valence-corrected chi connectivity index (χ0v) is 17.0. The molecule has 1 amide bonds. The topological polar surface area (TPSA) is 67.8 Å². The molecule has 4 rings (SSSR count). The van der Waals surface area contributed by atoms with Gasteiger partial charge in [0.15, 0.2) is 0 Å². The van der Waals surface area contributed by atoms with Crippen molar-refractivity contribution in [2.24, 2.45) is 0 Å². The molecular weight excluding hydrogens is 397 g/mol. The Morgan fingerprint density at radius 2 is 1.68 bits per heavy atom. The van der Waals surface area contributed by atoms with E-state index in [0.29, 0.717) is 11.1 Å². The third kappa shape index (κ3) is 4.76. The minimum atomic E-state index is -0.544. The summed E-state index contributed by atoms with van der Waals surface area (Å²) in [5, 5.41) is 11.4. The van der Waals surface area contributed by atoms with E-state index in [0.717, 1.165) is 11.1 Å². The van der Waals surface area contributed by atoms with Gasteiger partial charge in [0.2, 0.25) is 0 Å². The molecule has 3 aromatic carbocycles. The third-order valence-electron chi connectivity index (χ3n) is 5.39. The number of benzene rings is 3. The summed E-state index contributed by atoms with van der Waals surface area (Å²) >= 11 is 0. The van der Waals surface area contributed by atoms with Crippen LogP contribution in [0, 0.1) is 5.82 Å². The second-order valence-electron chi connectivity index (χ2n) is 7.38. The molecule has 0 unspecified atom stereocenters. The number of aliphatic hydroxyl groups is 1. The standard InChI is InChI=1S/C25H24FNO4/c26-24-13-17(9-10-18(24)15-30-12-11-28)14-27-25(29)31-16-23-21-7-3-1-5-19(21)20-6-2-4-8-22(20)23/h1-10,13,23,28H,11-12,14-16H2,(H,27,29). The number of hydrogen-bond acceptors (Lipinski definition) is 4. The van der Waals surface area contributed by atoms with Crippen molar-refractivity contribution in [3.05, 3.63) is 94.8 Å². The van der Waals surface area contributed by atoms with Crippen molar-refractivity contribution in [3.8, 4) is 11.1 Å². The van der Waals surface area contributed by atoms with E-state index < -0.39 is 11.9 Å². The number of amides is 1. The first-order valence-corrected chi connectivity index (χ1v) is 10.2. The van der Waals surface area contributed by atoms with Crippen molar-refractivity contribution in [1.29, 1.82) is 0 Å². The Kier molecular flexibility index (Phi) is 6.60. The van der Waals surface area contributed by atoms with Gasteiger partial charge in [0, 0.05) is 18.0 Å². The fourth-order valence-corrected chi connectivity index (χ4v) is 3.89. The van der Waals surface area contributed by atoms with Crippen LogP contribution < -0.4 is 5.32 Å². The van der Waals surface area contributed by atoms with Gasteiger partial charge >= 0.3 is 6.09 Å². The number of fused-ring (bicyclic) bond motifs is 3. The van der Waals surface area contributed by atoms with Crippen molar-refractivity contribution in [1.82, 2.24) is 5.32 Å². The molecule has 5 nitrogen and oxygen atoms in total. The third-order valence-corrected chi connectivity index (χ3v) is 5.39. The summed E-state index contributed by atoms with van der Waals surface area (Å²) in [4.78, 5) is 12.3. The minimum Gasteiger partial charge on any atom is -0.449 e. The van der Waals surface area contributed by atoms with E-state index in [1.165, 1.54) is 17.2 Å². The highest BCUT2D eigenvalue weighted by Gasteiger charge is 2.28. The van der Waals surface area contributed by atoms with E-state index in [1.807, 2.05) is 24.3 Å². The molecule has 0 spiro atoms. The summed E-state index contributed by atoms with van der Waals surface area (Å²) in [6.07, 6.45) is -0.544. The number of rotatable bonds is 8. The molecule has 1 aliphatic rings. The van der Waals surface area contributed by atoms with E-state index in [1.54, 1.807) is 12.1 Å². The Morgan fingerprint density at radius 1 is 1.00 bits per heavy atom. The molecule has 0 atom stereocenters. The maximum atomic E-state index is 14.1. The summed E-state index contributed by atoms with van der Waals surface area (Å²) in [5.41, 5.74) is 5.67. The molecule has 0 saturated carbocycles. The smallest absolute Gasteiger partial charge is 0.407 e. The Bertz CT molecular complexity index is 1020. The fraction of sp³-hybridized carbons (Fsp3) is 0.240. The average molecular weight is 421 g/mol. The lowest BCUT2D eigenvalue weighted by atomic mass is 9.98. The van der Waals surface area contributed by atoms with E-state index in [2.05, 4.69) is 29.6 Å². The first-order chi connectivity index (χ1) is 15.2. The molecule has 0 aromatic heterocycles. The monoisotopic (exact) mass is 421 g/mol. The maximum absolute atomic E-state index is 14.1. The molecule has 0 heterocycles. The molecule has 0 saturated heterocycles. The van der Waals surface area contributed by atoms with Gasteiger partial charge in [-0.25, -0.2) is 9.18 Å². The maximum Gasteiger partial charge on any atom is 0.407 e. The van der Waals surface area contributed by atoms with Crippen LogP contribution in [0.2, 0.25) is 0 Å². The van der Waals surface area contributed by atoms with Gasteiger partial charge in [0.05, 0.1) is 19.8 Å². The SMILES string of the molecule is O=C(NCc1ccc(COCCO)c(F)c1)OCC1c2ccccc2-c2ccccc21. The number of hydrogen-bond donors (Lipinski definition) is 2. The highest BCUT2D eigenvalue weighted by Crippen LogP contribution is 2.44. The molecule has 31 heavy (non-hydrogen) atoms. The van der Waals surface area contributed by atoms with E-state index in [9.17, 15) is 9.18 Å². The van der Waals surface area contributed by atoms with Gasteiger partial charge in [-0.1, -0.05) is 60.7 Å². The Balaban J connectivity index is 1.33. The first kappa shape index (κ1) is 21.0. The molecule has 3 aromatic rings. The largest absolute Gasteiger partial charge is 0.449 e. The van der Waals surface area contributed by atoms with Crippen LogP contribution in [0.15, 0.2) is 66.7 Å². The highest BCUT2D eigenvalue weighted by atomic mass is 19.1. The lowest BCUT2D eigenvalue weighted by Gasteiger charge is -2.14. The normalized spacial score (nSPS) is 12.3. The van der Waals surface area contributed by atoms with Gasteiger partial charge in [-0.3, -0.25) is 0 Å². The lowest BCUT2D eigenvalue weighted by Crippen LogP contribution is -2.25. The number of aliphatic hydroxyl groups excluding tert-OH is 1. The van der Waals surface area contributed by atoms with E-state index >= 15 is 0 Å². The van der Waals surface area contributed by atoms with Crippen LogP contribution in [-0.4, -0.2) is 31.0 Å². The number of halogens is 1. The fourth-order valence-electron chi connectivity index (χ4n) is 3.89.